The molecule has 1 atom stereocenters. The maximum absolute atomic E-state index is 12.7. The normalized spacial score (nSPS) is 20.8. The fourth-order valence-corrected chi connectivity index (χ4v) is 5.95. The van der Waals surface area contributed by atoms with E-state index in [-0.39, 0.29) is 6.04 Å². The van der Waals surface area contributed by atoms with Gasteiger partial charge in [0.2, 0.25) is 0 Å². The van der Waals surface area contributed by atoms with Crippen molar-refractivity contribution in [3.63, 3.8) is 0 Å². The highest BCUT2D eigenvalue weighted by atomic mass is 32.2. The summed E-state index contributed by atoms with van der Waals surface area (Å²) in [5.41, 5.74) is 0.859. The van der Waals surface area contributed by atoms with Crippen molar-refractivity contribution in [3.8, 4) is 10.6 Å². The van der Waals surface area contributed by atoms with Gasteiger partial charge in [-0.05, 0) is 26.0 Å². The van der Waals surface area contributed by atoms with Crippen molar-refractivity contribution < 1.29 is 8.42 Å². The van der Waals surface area contributed by atoms with Gasteiger partial charge in [0.05, 0.1) is 15.6 Å². The van der Waals surface area contributed by atoms with Crippen LogP contribution >= 0.6 is 22.7 Å². The molecule has 0 bridgehead atoms. The third-order valence-corrected chi connectivity index (χ3v) is 7.59. The molecule has 1 aliphatic rings. The van der Waals surface area contributed by atoms with Crippen LogP contribution < -0.4 is 5.32 Å². The summed E-state index contributed by atoms with van der Waals surface area (Å²) in [4.78, 5) is 5.32. The van der Waals surface area contributed by atoms with E-state index in [1.165, 1.54) is 11.3 Å². The summed E-state index contributed by atoms with van der Waals surface area (Å²) in [6.45, 7) is 5.69. The monoisotopic (exact) mass is 343 g/mol. The van der Waals surface area contributed by atoms with E-state index in [0.717, 1.165) is 15.6 Å². The van der Waals surface area contributed by atoms with E-state index in [1.54, 1.807) is 21.7 Å². The number of piperazine rings is 1. The number of hydrogen-bond acceptors (Lipinski definition) is 6. The van der Waals surface area contributed by atoms with E-state index >= 15 is 0 Å². The first-order valence-electron chi connectivity index (χ1n) is 6.72. The van der Waals surface area contributed by atoms with Crippen LogP contribution in [0.5, 0.6) is 0 Å². The second-order valence-corrected chi connectivity index (χ2v) is 9.40. The summed E-state index contributed by atoms with van der Waals surface area (Å²) in [5, 5.41) is 6.21. The van der Waals surface area contributed by atoms with Gasteiger partial charge < -0.3 is 5.32 Å². The second-order valence-electron chi connectivity index (χ2n) is 5.09. The molecule has 3 rings (SSSR count). The number of thiazole rings is 1. The van der Waals surface area contributed by atoms with Crippen molar-refractivity contribution in [2.45, 2.75) is 24.1 Å². The average Bonchev–Trinajstić information content (AvgIpc) is 3.07. The lowest BCUT2D eigenvalue weighted by molar-refractivity contribution is 0.311. The lowest BCUT2D eigenvalue weighted by Crippen LogP contribution is -2.51. The Hall–Kier alpha value is -0.800. The van der Waals surface area contributed by atoms with Crippen LogP contribution in [-0.4, -0.2) is 43.4 Å². The molecule has 0 amide bonds. The van der Waals surface area contributed by atoms with Crippen LogP contribution in [0.15, 0.2) is 21.7 Å². The highest BCUT2D eigenvalue weighted by Gasteiger charge is 2.29. The van der Waals surface area contributed by atoms with Crippen molar-refractivity contribution in [2.24, 2.45) is 0 Å². The number of rotatable bonds is 3. The number of sulfonamides is 1. The molecule has 114 valence electrons. The number of thiophene rings is 1. The number of aromatic nitrogens is 1. The van der Waals surface area contributed by atoms with Crippen molar-refractivity contribution in [1.29, 1.82) is 0 Å². The minimum absolute atomic E-state index is 0.189. The zero-order chi connectivity index (χ0) is 15.0. The number of aryl methyl sites for hydroxylation is 1. The third-order valence-electron chi connectivity index (χ3n) is 3.38. The Bertz CT molecular complexity index is 735. The van der Waals surface area contributed by atoms with Gasteiger partial charge in [0.25, 0.3) is 10.0 Å². The fourth-order valence-electron chi connectivity index (χ4n) is 2.32. The van der Waals surface area contributed by atoms with Gasteiger partial charge in [0.1, 0.15) is 4.21 Å². The van der Waals surface area contributed by atoms with Gasteiger partial charge in [-0.15, -0.1) is 22.7 Å². The predicted molar refractivity (Wildman–Crippen MR) is 86.4 cm³/mol. The summed E-state index contributed by atoms with van der Waals surface area (Å²) in [5.74, 6) is 0. The lowest BCUT2D eigenvalue weighted by Gasteiger charge is -2.30. The van der Waals surface area contributed by atoms with Crippen LogP contribution in [0.1, 0.15) is 11.9 Å². The van der Waals surface area contributed by atoms with Crippen LogP contribution in [0.2, 0.25) is 0 Å². The van der Waals surface area contributed by atoms with Crippen molar-refractivity contribution in [1.82, 2.24) is 14.6 Å². The van der Waals surface area contributed by atoms with E-state index in [4.69, 9.17) is 0 Å². The molecule has 5 nitrogen and oxygen atoms in total. The van der Waals surface area contributed by atoms with Gasteiger partial charge in [0, 0.05) is 31.1 Å². The quantitative estimate of drug-likeness (QED) is 0.928. The first-order chi connectivity index (χ1) is 9.96. The van der Waals surface area contributed by atoms with Gasteiger partial charge >= 0.3 is 0 Å². The molecule has 0 saturated carbocycles. The smallest absolute Gasteiger partial charge is 0.252 e. The van der Waals surface area contributed by atoms with E-state index < -0.39 is 10.0 Å². The van der Waals surface area contributed by atoms with E-state index in [2.05, 4.69) is 10.3 Å². The molecule has 3 heterocycles. The Kier molecular flexibility index (Phi) is 4.15. The Labute approximate surface area is 132 Å². The maximum atomic E-state index is 12.7. The summed E-state index contributed by atoms with van der Waals surface area (Å²) >= 11 is 2.87. The highest BCUT2D eigenvalue weighted by molar-refractivity contribution is 7.91. The Morgan fingerprint density at radius 2 is 2.24 bits per heavy atom. The van der Waals surface area contributed by atoms with E-state index in [0.29, 0.717) is 23.8 Å². The molecule has 1 N–H and O–H groups in total. The van der Waals surface area contributed by atoms with Gasteiger partial charge in [0.15, 0.2) is 0 Å². The average molecular weight is 343 g/mol. The van der Waals surface area contributed by atoms with Crippen molar-refractivity contribution in [2.75, 3.05) is 19.6 Å². The lowest BCUT2D eigenvalue weighted by atomic mass is 10.3. The van der Waals surface area contributed by atoms with E-state index in [1.807, 2.05) is 25.3 Å². The molecule has 2 aromatic heterocycles. The highest BCUT2D eigenvalue weighted by Crippen LogP contribution is 2.33. The molecule has 1 unspecified atom stereocenters. The fraction of sp³-hybridized carbons (Fsp3) is 0.462. The zero-order valence-corrected chi connectivity index (χ0v) is 14.3. The molecule has 1 saturated heterocycles. The second kappa shape index (κ2) is 5.77. The first kappa shape index (κ1) is 15.1. The predicted octanol–water partition coefficient (Wildman–Crippen LogP) is 2.16. The van der Waals surface area contributed by atoms with Crippen LogP contribution in [0.25, 0.3) is 10.6 Å². The zero-order valence-electron chi connectivity index (χ0n) is 11.9. The van der Waals surface area contributed by atoms with Crippen LogP contribution in [0, 0.1) is 6.92 Å². The van der Waals surface area contributed by atoms with Crippen LogP contribution in [-0.2, 0) is 10.0 Å². The molecule has 1 aliphatic heterocycles. The molecule has 0 spiro atoms. The number of nitrogens with one attached hydrogen (secondary N) is 1. The topological polar surface area (TPSA) is 62.3 Å². The van der Waals surface area contributed by atoms with Gasteiger partial charge in [-0.25, -0.2) is 13.4 Å². The molecular formula is C13H17N3O2S3. The Morgan fingerprint density at radius 1 is 1.43 bits per heavy atom. The SMILES string of the molecule is Cc1nc(-c2ccc(S(=O)(=O)N3CCNC(C)C3)s2)cs1. The van der Waals surface area contributed by atoms with Gasteiger partial charge in [-0.1, -0.05) is 0 Å². The number of hydrogen-bond donors (Lipinski definition) is 1. The van der Waals surface area contributed by atoms with Gasteiger partial charge in [-0.3, -0.25) is 0 Å². The largest absolute Gasteiger partial charge is 0.312 e. The molecule has 1 fully saturated rings. The van der Waals surface area contributed by atoms with Gasteiger partial charge in [-0.2, -0.15) is 4.31 Å². The maximum Gasteiger partial charge on any atom is 0.252 e. The molecule has 2 aromatic rings. The Morgan fingerprint density at radius 3 is 2.90 bits per heavy atom. The molecule has 0 aliphatic carbocycles. The Balaban J connectivity index is 1.88. The number of nitrogens with zero attached hydrogens (tertiary/aromatic N) is 2. The minimum Gasteiger partial charge on any atom is -0.312 e. The minimum atomic E-state index is -3.39. The molecule has 8 heteroatoms. The molecule has 0 radical (unpaired) electrons. The molecular weight excluding hydrogens is 326 g/mol. The first-order valence-corrected chi connectivity index (χ1v) is 9.86. The van der Waals surface area contributed by atoms with Crippen LogP contribution in [0.3, 0.4) is 0 Å². The van der Waals surface area contributed by atoms with E-state index in [9.17, 15) is 8.42 Å². The molecule has 0 aromatic carbocycles. The van der Waals surface area contributed by atoms with Crippen molar-refractivity contribution >= 4 is 32.7 Å². The standard InChI is InChI=1S/C13H17N3O2S3/c1-9-7-16(6-5-14-9)21(17,18)13-4-3-12(20-13)11-8-19-10(2)15-11/h3-4,8-9,14H,5-7H2,1-2H3. The summed E-state index contributed by atoms with van der Waals surface area (Å²) in [6.07, 6.45) is 0. The molecule has 21 heavy (non-hydrogen) atoms. The summed E-state index contributed by atoms with van der Waals surface area (Å²) in [6, 6.07) is 3.73. The summed E-state index contributed by atoms with van der Waals surface area (Å²) in [7, 11) is -3.39. The van der Waals surface area contributed by atoms with Crippen molar-refractivity contribution in [3.05, 3.63) is 22.5 Å². The third kappa shape index (κ3) is 3.04. The summed E-state index contributed by atoms with van der Waals surface area (Å²) < 4.78 is 27.3. The van der Waals surface area contributed by atoms with Crippen LogP contribution in [0.4, 0.5) is 0 Å².